The molecule has 1 aromatic rings. The Balaban J connectivity index is 1.54. The highest BCUT2D eigenvalue weighted by molar-refractivity contribution is 7.89. The molecule has 4 rings (SSSR count). The van der Waals surface area contributed by atoms with E-state index >= 15 is 0 Å². The van der Waals surface area contributed by atoms with Crippen LogP contribution >= 0.6 is 0 Å². The summed E-state index contributed by atoms with van der Waals surface area (Å²) in [5, 5.41) is 3.19. The summed E-state index contributed by atoms with van der Waals surface area (Å²) in [7, 11) is -3.54. The molecule has 2 bridgehead atoms. The second kappa shape index (κ2) is 7.55. The van der Waals surface area contributed by atoms with Gasteiger partial charge < -0.3 is 5.32 Å². The summed E-state index contributed by atoms with van der Waals surface area (Å²) in [6.07, 6.45) is 8.77. The fraction of sp³-hybridized carbons (Fsp3) is 0.667. The third-order valence-electron chi connectivity index (χ3n) is 6.71. The zero-order chi connectivity index (χ0) is 19.0. The van der Waals surface area contributed by atoms with E-state index in [-0.39, 0.29) is 16.8 Å². The SMILES string of the molecule is Cc1ccc(S(=O)(=O)N2CCCCCC2)cc1C(=O)N[C@H]1C[C@H]2CC[C@H]1C2. The molecule has 1 N–H and O–H groups in total. The van der Waals surface area contributed by atoms with Crippen molar-refractivity contribution in [1.29, 1.82) is 0 Å². The fourth-order valence-corrected chi connectivity index (χ4v) is 6.65. The van der Waals surface area contributed by atoms with Gasteiger partial charge in [0.1, 0.15) is 0 Å². The molecular weight excluding hydrogens is 360 g/mol. The van der Waals surface area contributed by atoms with Crippen LogP contribution in [-0.2, 0) is 10.0 Å². The minimum atomic E-state index is -3.54. The summed E-state index contributed by atoms with van der Waals surface area (Å²) in [4.78, 5) is 13.1. The van der Waals surface area contributed by atoms with Crippen LogP contribution in [0.2, 0.25) is 0 Å². The van der Waals surface area contributed by atoms with Crippen LogP contribution in [0.25, 0.3) is 0 Å². The van der Waals surface area contributed by atoms with Gasteiger partial charge >= 0.3 is 0 Å². The molecule has 1 heterocycles. The summed E-state index contributed by atoms with van der Waals surface area (Å²) in [5.41, 5.74) is 1.32. The highest BCUT2D eigenvalue weighted by Gasteiger charge is 2.40. The lowest BCUT2D eigenvalue weighted by Crippen LogP contribution is -2.39. The molecule has 1 amide bonds. The maximum atomic E-state index is 13.1. The first-order valence-electron chi connectivity index (χ1n) is 10.4. The van der Waals surface area contributed by atoms with Crippen LogP contribution in [0, 0.1) is 18.8 Å². The molecule has 148 valence electrons. The third kappa shape index (κ3) is 3.79. The molecule has 3 aliphatic rings. The molecule has 3 fully saturated rings. The Morgan fingerprint density at radius 3 is 2.44 bits per heavy atom. The molecule has 6 heteroatoms. The molecule has 1 saturated heterocycles. The Kier molecular flexibility index (Phi) is 5.30. The average molecular weight is 391 g/mol. The number of amides is 1. The zero-order valence-electron chi connectivity index (χ0n) is 16.1. The predicted molar refractivity (Wildman–Crippen MR) is 105 cm³/mol. The van der Waals surface area contributed by atoms with E-state index in [1.165, 1.54) is 19.3 Å². The summed E-state index contributed by atoms with van der Waals surface area (Å²) < 4.78 is 27.7. The van der Waals surface area contributed by atoms with Crippen molar-refractivity contribution < 1.29 is 13.2 Å². The van der Waals surface area contributed by atoms with Gasteiger partial charge in [0.2, 0.25) is 10.0 Å². The number of carbonyl (C=O) groups excluding carboxylic acids is 1. The number of sulfonamides is 1. The van der Waals surface area contributed by atoms with Gasteiger partial charge in [0, 0.05) is 24.7 Å². The molecule has 3 atom stereocenters. The molecule has 0 unspecified atom stereocenters. The minimum Gasteiger partial charge on any atom is -0.349 e. The molecular formula is C21H30N2O3S. The molecule has 0 radical (unpaired) electrons. The van der Waals surface area contributed by atoms with Crippen LogP contribution in [0.15, 0.2) is 23.1 Å². The van der Waals surface area contributed by atoms with Crippen LogP contribution < -0.4 is 5.32 Å². The zero-order valence-corrected chi connectivity index (χ0v) is 16.9. The molecule has 2 aliphatic carbocycles. The predicted octanol–water partition coefficient (Wildman–Crippen LogP) is 3.48. The number of hydrogen-bond donors (Lipinski definition) is 1. The first kappa shape index (κ1) is 18.9. The standard InChI is InChI=1S/C21H30N2O3S/c1-15-6-9-18(27(25,26)23-10-4-2-3-5-11-23)14-19(15)21(24)22-20-13-16-7-8-17(20)12-16/h6,9,14,16-17,20H,2-5,7-8,10-13H2,1H3,(H,22,24)/t16-,17-,20-/m0/s1. The lowest BCUT2D eigenvalue weighted by molar-refractivity contribution is 0.0922. The summed E-state index contributed by atoms with van der Waals surface area (Å²) in [6, 6.07) is 5.24. The molecule has 0 aromatic heterocycles. The third-order valence-corrected chi connectivity index (χ3v) is 8.61. The molecule has 2 saturated carbocycles. The molecule has 1 aromatic carbocycles. The van der Waals surface area contributed by atoms with Gasteiger partial charge in [-0.25, -0.2) is 8.42 Å². The second-order valence-corrected chi connectivity index (χ2v) is 10.5. The van der Waals surface area contributed by atoms with E-state index in [9.17, 15) is 13.2 Å². The molecule has 27 heavy (non-hydrogen) atoms. The minimum absolute atomic E-state index is 0.127. The Morgan fingerprint density at radius 1 is 1.07 bits per heavy atom. The molecule has 0 spiro atoms. The van der Waals surface area contributed by atoms with E-state index in [2.05, 4.69) is 5.32 Å². The van der Waals surface area contributed by atoms with Crippen LogP contribution in [0.3, 0.4) is 0 Å². The maximum absolute atomic E-state index is 13.1. The van der Waals surface area contributed by atoms with Crippen LogP contribution in [0.5, 0.6) is 0 Å². The number of hydrogen-bond acceptors (Lipinski definition) is 3. The van der Waals surface area contributed by atoms with Gasteiger partial charge in [-0.3, -0.25) is 4.79 Å². The van der Waals surface area contributed by atoms with Crippen molar-refractivity contribution in [2.45, 2.75) is 69.2 Å². The van der Waals surface area contributed by atoms with Crippen molar-refractivity contribution in [3.8, 4) is 0 Å². The van der Waals surface area contributed by atoms with E-state index in [1.54, 1.807) is 22.5 Å². The van der Waals surface area contributed by atoms with Gasteiger partial charge in [-0.15, -0.1) is 0 Å². The van der Waals surface area contributed by atoms with Crippen LogP contribution in [0.4, 0.5) is 0 Å². The van der Waals surface area contributed by atoms with Gasteiger partial charge in [-0.2, -0.15) is 4.31 Å². The van der Waals surface area contributed by atoms with E-state index in [0.29, 0.717) is 24.6 Å². The van der Waals surface area contributed by atoms with Gasteiger partial charge in [-0.1, -0.05) is 25.3 Å². The average Bonchev–Trinajstić information content (AvgIpc) is 3.14. The Morgan fingerprint density at radius 2 is 1.81 bits per heavy atom. The number of rotatable bonds is 4. The van der Waals surface area contributed by atoms with Gasteiger partial charge in [0.15, 0.2) is 0 Å². The van der Waals surface area contributed by atoms with E-state index in [4.69, 9.17) is 0 Å². The summed E-state index contributed by atoms with van der Waals surface area (Å²) in [5.74, 6) is 1.23. The van der Waals surface area contributed by atoms with Crippen LogP contribution in [-0.4, -0.2) is 37.8 Å². The van der Waals surface area contributed by atoms with Gasteiger partial charge in [0.25, 0.3) is 5.91 Å². The van der Waals surface area contributed by atoms with E-state index < -0.39 is 10.0 Å². The van der Waals surface area contributed by atoms with E-state index in [0.717, 1.165) is 43.6 Å². The second-order valence-electron chi connectivity index (χ2n) is 8.55. The lowest BCUT2D eigenvalue weighted by atomic mass is 9.95. The van der Waals surface area contributed by atoms with Crippen molar-refractivity contribution in [1.82, 2.24) is 9.62 Å². The number of nitrogens with zero attached hydrogens (tertiary/aromatic N) is 1. The normalized spacial score (nSPS) is 28.9. The Hall–Kier alpha value is -1.40. The van der Waals surface area contributed by atoms with Crippen LogP contribution in [0.1, 0.15) is 67.3 Å². The number of fused-ring (bicyclic) bond motifs is 2. The molecule has 5 nitrogen and oxygen atoms in total. The lowest BCUT2D eigenvalue weighted by Gasteiger charge is -2.24. The number of carbonyl (C=O) groups is 1. The van der Waals surface area contributed by atoms with E-state index in [1.807, 2.05) is 6.92 Å². The van der Waals surface area contributed by atoms with Crippen molar-refractivity contribution in [3.05, 3.63) is 29.3 Å². The first-order valence-corrected chi connectivity index (χ1v) is 11.8. The smallest absolute Gasteiger partial charge is 0.251 e. The summed E-state index contributed by atoms with van der Waals surface area (Å²) in [6.45, 7) is 3.02. The maximum Gasteiger partial charge on any atom is 0.251 e. The fourth-order valence-electron chi connectivity index (χ4n) is 5.10. The Labute approximate surface area is 162 Å². The topological polar surface area (TPSA) is 66.5 Å². The highest BCUT2D eigenvalue weighted by Crippen LogP contribution is 2.44. The monoisotopic (exact) mass is 390 g/mol. The van der Waals surface area contributed by atoms with Gasteiger partial charge in [0.05, 0.1) is 4.90 Å². The van der Waals surface area contributed by atoms with Crippen molar-refractivity contribution >= 4 is 15.9 Å². The van der Waals surface area contributed by atoms with Gasteiger partial charge in [-0.05, 0) is 68.6 Å². The van der Waals surface area contributed by atoms with Crippen molar-refractivity contribution in [2.24, 2.45) is 11.8 Å². The Bertz CT molecular complexity index is 813. The number of nitrogens with one attached hydrogen (secondary N) is 1. The van der Waals surface area contributed by atoms with Crippen molar-refractivity contribution in [2.75, 3.05) is 13.1 Å². The summed E-state index contributed by atoms with van der Waals surface area (Å²) >= 11 is 0. The highest BCUT2D eigenvalue weighted by atomic mass is 32.2. The van der Waals surface area contributed by atoms with Crippen molar-refractivity contribution in [3.63, 3.8) is 0 Å². The quantitative estimate of drug-likeness (QED) is 0.856. The number of aryl methyl sites for hydroxylation is 1. The first-order chi connectivity index (χ1) is 12.9. The number of benzene rings is 1. The molecule has 1 aliphatic heterocycles. The largest absolute Gasteiger partial charge is 0.349 e.